The fourth-order valence-corrected chi connectivity index (χ4v) is 6.46. The van der Waals surface area contributed by atoms with Crippen molar-refractivity contribution in [2.24, 2.45) is 5.92 Å². The molecule has 322 valence electrons. The van der Waals surface area contributed by atoms with Crippen molar-refractivity contribution < 1.29 is 66.3 Å². The molecule has 0 aromatic carbocycles. The van der Waals surface area contributed by atoms with E-state index in [4.69, 9.17) is 23.8 Å². The van der Waals surface area contributed by atoms with Crippen molar-refractivity contribution in [2.45, 2.75) is 174 Å². The number of carbonyl (C=O) groups is 3. The molecule has 0 aliphatic heterocycles. The Kier molecular flexibility index (Phi) is 33.2. The summed E-state index contributed by atoms with van der Waals surface area (Å²) < 4.78 is 47.6. The van der Waals surface area contributed by atoms with Crippen LogP contribution >= 0.6 is 15.6 Å². The van der Waals surface area contributed by atoms with Crippen LogP contribution in [0.25, 0.3) is 0 Å². The first-order chi connectivity index (χ1) is 26.2. The third kappa shape index (κ3) is 37.6. The summed E-state index contributed by atoms with van der Waals surface area (Å²) in [7, 11) is -9.69. The van der Waals surface area contributed by atoms with E-state index in [-0.39, 0.29) is 18.6 Å². The summed E-state index contributed by atoms with van der Waals surface area (Å²) in [4.78, 5) is 64.3. The van der Waals surface area contributed by atoms with Crippen molar-refractivity contribution >= 4 is 33.4 Å². The van der Waals surface area contributed by atoms with E-state index in [1.807, 2.05) is 12.2 Å². The number of phosphoric ester groups is 2. The largest absolute Gasteiger partial charge is 0.472 e. The highest BCUT2D eigenvalue weighted by atomic mass is 31.2. The van der Waals surface area contributed by atoms with Crippen LogP contribution in [0, 0.1) is 5.92 Å². The summed E-state index contributed by atoms with van der Waals surface area (Å²) in [6, 6.07) is 0. The smallest absolute Gasteiger partial charge is 0.462 e. The van der Waals surface area contributed by atoms with Gasteiger partial charge < -0.3 is 29.3 Å². The Morgan fingerprint density at radius 1 is 0.636 bits per heavy atom. The molecule has 0 aliphatic rings. The van der Waals surface area contributed by atoms with Gasteiger partial charge in [0.05, 0.1) is 19.8 Å². The fraction of sp³-hybridized carbons (Fsp3) is 0.821. The molecule has 0 spiro atoms. The number of ketones is 1. The van der Waals surface area contributed by atoms with Crippen molar-refractivity contribution in [3.05, 3.63) is 24.3 Å². The maximum Gasteiger partial charge on any atom is 0.472 e. The predicted octanol–water partition coefficient (Wildman–Crippen LogP) is 8.98. The summed E-state index contributed by atoms with van der Waals surface area (Å²) >= 11 is 0. The zero-order valence-corrected chi connectivity index (χ0v) is 35.5. The number of aliphatic hydroxyl groups is 1. The molecule has 4 atom stereocenters. The lowest BCUT2D eigenvalue weighted by Crippen LogP contribution is -2.30. The molecule has 0 aromatic heterocycles. The lowest BCUT2D eigenvalue weighted by Gasteiger charge is -2.20. The Hall–Kier alpha value is -1.73. The Bertz CT molecular complexity index is 1160. The highest BCUT2D eigenvalue weighted by Gasteiger charge is 2.28. The number of allylic oxidation sites excluding steroid dienone is 4. The standard InChI is InChI=1S/C39H72O14P2/c1-4-6-20-26-35(40)27-22-17-13-8-7-9-15-19-24-29-39(43)53-37(33-52-55(47,48)51-31-36(41)30-50-54(44,45)46)32-49-38(42)28-23-18-14-11-10-12-16-21-25-34(3)5-2/h13,17,22,27,34,36-37,41H,4-12,14-16,18-21,23-26,28-33H2,1-3H3,(H,47,48)(H2,44,45,46)/b17-13-,27-22+/t34?,36-,37+/m0/s1. The minimum Gasteiger partial charge on any atom is -0.462 e. The third-order valence-corrected chi connectivity index (χ3v) is 10.3. The summed E-state index contributed by atoms with van der Waals surface area (Å²) in [6.07, 6.45) is 24.5. The van der Waals surface area contributed by atoms with E-state index in [1.54, 1.807) is 12.2 Å². The van der Waals surface area contributed by atoms with Crippen molar-refractivity contribution in [1.82, 2.24) is 0 Å². The SMILES string of the molecule is CCCCCC(=O)/C=C/C=C\CCCCCCCC(=O)O[C@H](COC(=O)CCCCCCCCCCC(C)CC)COP(=O)(O)OC[C@@H](O)COP(=O)(O)O. The van der Waals surface area contributed by atoms with Gasteiger partial charge in [-0.1, -0.05) is 129 Å². The van der Waals surface area contributed by atoms with E-state index in [1.165, 1.54) is 38.5 Å². The van der Waals surface area contributed by atoms with Crippen LogP contribution in [-0.4, -0.2) is 76.1 Å². The van der Waals surface area contributed by atoms with E-state index in [0.29, 0.717) is 19.3 Å². The van der Waals surface area contributed by atoms with Crippen LogP contribution in [0.5, 0.6) is 0 Å². The number of carbonyl (C=O) groups excluding carboxylic acids is 3. The van der Waals surface area contributed by atoms with Crippen molar-refractivity contribution in [3.63, 3.8) is 0 Å². The number of aliphatic hydroxyl groups excluding tert-OH is 1. The fourth-order valence-electron chi connectivity index (χ4n) is 5.30. The first-order valence-corrected chi connectivity index (χ1v) is 23.4. The second kappa shape index (κ2) is 34.3. The van der Waals surface area contributed by atoms with Gasteiger partial charge in [0.25, 0.3) is 0 Å². The molecular formula is C39H72O14P2. The monoisotopic (exact) mass is 826 g/mol. The minimum atomic E-state index is -4.87. The number of hydrogen-bond donors (Lipinski definition) is 4. The van der Waals surface area contributed by atoms with Gasteiger partial charge in [-0.15, -0.1) is 0 Å². The van der Waals surface area contributed by atoms with E-state index >= 15 is 0 Å². The highest BCUT2D eigenvalue weighted by Crippen LogP contribution is 2.43. The van der Waals surface area contributed by atoms with Crippen molar-refractivity contribution in [3.8, 4) is 0 Å². The van der Waals surface area contributed by atoms with E-state index in [2.05, 4.69) is 29.8 Å². The lowest BCUT2D eigenvalue weighted by atomic mass is 9.99. The van der Waals surface area contributed by atoms with Crippen LogP contribution < -0.4 is 0 Å². The molecule has 4 N–H and O–H groups in total. The second-order valence-electron chi connectivity index (χ2n) is 14.2. The van der Waals surface area contributed by atoms with Gasteiger partial charge in [-0.3, -0.25) is 28.0 Å². The average Bonchev–Trinajstić information content (AvgIpc) is 3.13. The summed E-state index contributed by atoms with van der Waals surface area (Å²) in [6.45, 7) is 3.84. The Labute approximate surface area is 330 Å². The highest BCUT2D eigenvalue weighted by molar-refractivity contribution is 7.47. The molecule has 55 heavy (non-hydrogen) atoms. The molecule has 0 aliphatic carbocycles. The molecule has 14 nitrogen and oxygen atoms in total. The van der Waals surface area contributed by atoms with E-state index < -0.39 is 66.2 Å². The molecule has 0 saturated heterocycles. The maximum atomic E-state index is 12.6. The van der Waals surface area contributed by atoms with Crippen LogP contribution in [-0.2, 0) is 46.6 Å². The predicted molar refractivity (Wildman–Crippen MR) is 212 cm³/mol. The van der Waals surface area contributed by atoms with Gasteiger partial charge in [0.2, 0.25) is 0 Å². The Morgan fingerprint density at radius 3 is 1.80 bits per heavy atom. The maximum absolute atomic E-state index is 12.6. The number of hydrogen-bond acceptors (Lipinski definition) is 11. The molecule has 0 amide bonds. The molecule has 0 fully saturated rings. The minimum absolute atomic E-state index is 0.0817. The topological polar surface area (TPSA) is 212 Å². The van der Waals surface area contributed by atoms with Crippen LogP contribution in [0.4, 0.5) is 0 Å². The Balaban J connectivity index is 4.63. The van der Waals surface area contributed by atoms with Gasteiger partial charge in [0.15, 0.2) is 11.9 Å². The third-order valence-electron chi connectivity index (χ3n) is 8.85. The molecule has 2 unspecified atom stereocenters. The van der Waals surface area contributed by atoms with Crippen molar-refractivity contribution in [1.29, 1.82) is 0 Å². The van der Waals surface area contributed by atoms with Crippen LogP contribution in [0.15, 0.2) is 24.3 Å². The molecule has 0 heterocycles. The Morgan fingerprint density at radius 2 is 1.18 bits per heavy atom. The summed E-state index contributed by atoms with van der Waals surface area (Å²) in [5.74, 6) is -0.158. The van der Waals surface area contributed by atoms with Crippen LogP contribution in [0.3, 0.4) is 0 Å². The zero-order chi connectivity index (χ0) is 41.2. The van der Waals surface area contributed by atoms with Crippen molar-refractivity contribution in [2.75, 3.05) is 26.4 Å². The van der Waals surface area contributed by atoms with Gasteiger partial charge in [0.1, 0.15) is 12.7 Å². The van der Waals surface area contributed by atoms with Gasteiger partial charge in [-0.05, 0) is 44.1 Å². The number of unbranched alkanes of at least 4 members (excludes halogenated alkanes) is 14. The summed E-state index contributed by atoms with van der Waals surface area (Å²) in [5.41, 5.74) is 0. The van der Waals surface area contributed by atoms with Crippen LogP contribution in [0.1, 0.15) is 162 Å². The normalized spacial score (nSPS) is 14.9. The van der Waals surface area contributed by atoms with Gasteiger partial charge >= 0.3 is 27.6 Å². The molecule has 0 rings (SSSR count). The molecule has 16 heteroatoms. The molecule has 0 saturated carbocycles. The average molecular weight is 827 g/mol. The van der Waals surface area contributed by atoms with E-state index in [9.17, 15) is 33.5 Å². The number of rotatable bonds is 38. The molecular weight excluding hydrogens is 754 g/mol. The van der Waals surface area contributed by atoms with Gasteiger partial charge in [0, 0.05) is 19.3 Å². The number of esters is 2. The molecule has 0 aromatic rings. The molecule has 0 bridgehead atoms. The van der Waals surface area contributed by atoms with Gasteiger partial charge in [-0.2, -0.15) is 0 Å². The quantitative estimate of drug-likeness (QED) is 0.0150. The first-order valence-electron chi connectivity index (χ1n) is 20.4. The second-order valence-corrected chi connectivity index (χ2v) is 16.9. The number of ether oxygens (including phenoxy) is 2. The number of phosphoric acid groups is 2. The lowest BCUT2D eigenvalue weighted by molar-refractivity contribution is -0.161. The molecule has 0 radical (unpaired) electrons. The van der Waals surface area contributed by atoms with E-state index in [0.717, 1.165) is 76.5 Å². The summed E-state index contributed by atoms with van der Waals surface area (Å²) in [5, 5.41) is 9.72. The zero-order valence-electron chi connectivity index (χ0n) is 33.7. The first kappa shape index (κ1) is 53.3. The van der Waals surface area contributed by atoms with Crippen LogP contribution in [0.2, 0.25) is 0 Å². The van der Waals surface area contributed by atoms with Gasteiger partial charge in [-0.25, -0.2) is 9.13 Å².